The largest absolute Gasteiger partial charge is 0.495 e. The van der Waals surface area contributed by atoms with E-state index in [1.807, 2.05) is 16.8 Å². The van der Waals surface area contributed by atoms with Crippen LogP contribution in [-0.4, -0.2) is 38.7 Å². The van der Waals surface area contributed by atoms with Crippen LogP contribution in [0.1, 0.15) is 67.2 Å². The lowest BCUT2D eigenvalue weighted by Gasteiger charge is -2.21. The number of fused-ring (bicyclic) bond motifs is 1. The Morgan fingerprint density at radius 1 is 1.05 bits per heavy atom. The Kier molecular flexibility index (Phi) is 9.01. The van der Waals surface area contributed by atoms with Crippen LogP contribution in [0.15, 0.2) is 54.9 Å². The van der Waals surface area contributed by atoms with Gasteiger partial charge in [0.1, 0.15) is 11.4 Å². The van der Waals surface area contributed by atoms with E-state index in [9.17, 15) is 22.8 Å². The number of Topliss-reactive ketones (excluding diaryl/α,β-unsaturated/α-hetero) is 1. The van der Waals surface area contributed by atoms with Crippen molar-refractivity contribution < 1.29 is 32.6 Å². The molecule has 2 aromatic heterocycles. The minimum absolute atomic E-state index is 0.0498. The van der Waals surface area contributed by atoms with E-state index < -0.39 is 17.7 Å². The van der Waals surface area contributed by atoms with Crippen LogP contribution in [0.25, 0.3) is 22.0 Å². The second-order valence-electron chi connectivity index (χ2n) is 10.2. The number of rotatable bonds is 11. The fourth-order valence-corrected chi connectivity index (χ4v) is 5.09. The lowest BCUT2D eigenvalue weighted by Crippen LogP contribution is -2.15. The van der Waals surface area contributed by atoms with Gasteiger partial charge in [-0.25, -0.2) is 0 Å². The van der Waals surface area contributed by atoms with Gasteiger partial charge in [0.2, 0.25) is 0 Å². The van der Waals surface area contributed by atoms with Gasteiger partial charge < -0.3 is 9.84 Å². The lowest BCUT2D eigenvalue weighted by atomic mass is 9.97. The van der Waals surface area contributed by atoms with Crippen molar-refractivity contribution in [1.29, 1.82) is 0 Å². The first-order chi connectivity index (χ1) is 19.4. The monoisotopic (exact) mass is 587 g/mol. The first kappa shape index (κ1) is 30.0. The van der Waals surface area contributed by atoms with Crippen LogP contribution in [0.3, 0.4) is 0 Å². The molecule has 0 radical (unpaired) electrons. The van der Waals surface area contributed by atoms with Crippen LogP contribution < -0.4 is 4.74 Å². The van der Waals surface area contributed by atoms with E-state index in [1.54, 1.807) is 24.5 Å². The highest BCUT2D eigenvalue weighted by Gasteiger charge is 2.31. The molecule has 0 bridgehead atoms. The SMILES string of the molecule is COc1c(-c2ccc(C(F)(F)F)cc2Cl)ccc2c1cnn2C(CC(C)C)c1ccc(C(=O)CCCC(=O)O)nc1. The molecule has 0 aliphatic heterocycles. The zero-order valence-electron chi connectivity index (χ0n) is 22.7. The summed E-state index contributed by atoms with van der Waals surface area (Å²) in [7, 11) is 1.48. The third-order valence-corrected chi connectivity index (χ3v) is 7.08. The second kappa shape index (κ2) is 12.3. The summed E-state index contributed by atoms with van der Waals surface area (Å²) in [5, 5.41) is 14.1. The summed E-state index contributed by atoms with van der Waals surface area (Å²) in [6.45, 7) is 4.16. The minimum atomic E-state index is -4.51. The number of ether oxygens (including phenoxy) is 1. The van der Waals surface area contributed by atoms with E-state index in [0.29, 0.717) is 28.7 Å². The third-order valence-electron chi connectivity index (χ3n) is 6.76. The summed E-state index contributed by atoms with van der Waals surface area (Å²) in [4.78, 5) is 27.5. The number of halogens is 4. The summed E-state index contributed by atoms with van der Waals surface area (Å²) < 4.78 is 47.1. The zero-order valence-corrected chi connectivity index (χ0v) is 23.5. The van der Waals surface area contributed by atoms with E-state index >= 15 is 0 Å². The average molecular weight is 588 g/mol. The van der Waals surface area contributed by atoms with Crippen LogP contribution in [-0.2, 0) is 11.0 Å². The maximum absolute atomic E-state index is 13.2. The summed E-state index contributed by atoms with van der Waals surface area (Å²) in [6.07, 6.45) is -0.252. The van der Waals surface area contributed by atoms with Crippen molar-refractivity contribution in [3.05, 3.63) is 76.7 Å². The topological polar surface area (TPSA) is 94.3 Å². The van der Waals surface area contributed by atoms with Crippen molar-refractivity contribution in [2.24, 2.45) is 5.92 Å². The number of carboxylic acid groups (broad SMARTS) is 1. The molecule has 11 heteroatoms. The minimum Gasteiger partial charge on any atom is -0.495 e. The number of hydrogen-bond donors (Lipinski definition) is 1. The maximum Gasteiger partial charge on any atom is 0.416 e. The number of carbonyl (C=O) groups excluding carboxylic acids is 1. The molecular weight excluding hydrogens is 559 g/mol. The number of carboxylic acids is 1. The normalized spacial score (nSPS) is 12.6. The van der Waals surface area contributed by atoms with Gasteiger partial charge in [-0.3, -0.25) is 19.3 Å². The van der Waals surface area contributed by atoms with Gasteiger partial charge in [-0.05, 0) is 54.7 Å². The highest BCUT2D eigenvalue weighted by Crippen LogP contribution is 2.42. The molecule has 1 unspecified atom stereocenters. The Hall–Kier alpha value is -3.92. The fraction of sp³-hybridized carbons (Fsp3) is 0.333. The number of nitrogens with zero attached hydrogens (tertiary/aromatic N) is 3. The smallest absolute Gasteiger partial charge is 0.416 e. The summed E-state index contributed by atoms with van der Waals surface area (Å²) >= 11 is 6.29. The van der Waals surface area contributed by atoms with E-state index in [2.05, 4.69) is 23.9 Å². The molecule has 0 spiro atoms. The molecule has 1 atom stereocenters. The van der Waals surface area contributed by atoms with Crippen molar-refractivity contribution in [3.63, 3.8) is 0 Å². The highest BCUT2D eigenvalue weighted by molar-refractivity contribution is 6.33. The quantitative estimate of drug-likeness (QED) is 0.180. The number of hydrogen-bond acceptors (Lipinski definition) is 5. The number of aliphatic carboxylic acids is 1. The summed E-state index contributed by atoms with van der Waals surface area (Å²) in [5.74, 6) is -0.458. The summed E-state index contributed by atoms with van der Waals surface area (Å²) in [6, 6.07) is 10.0. The van der Waals surface area contributed by atoms with Crippen LogP contribution >= 0.6 is 11.6 Å². The van der Waals surface area contributed by atoms with Gasteiger partial charge in [0.05, 0.1) is 35.8 Å². The number of pyridine rings is 1. The number of ketones is 1. The second-order valence-corrected chi connectivity index (χ2v) is 10.6. The number of carbonyl (C=O) groups is 2. The molecule has 1 N–H and O–H groups in total. The Bertz CT molecular complexity index is 1570. The zero-order chi connectivity index (χ0) is 29.9. The van der Waals surface area contributed by atoms with E-state index in [1.165, 1.54) is 13.2 Å². The van der Waals surface area contributed by atoms with Gasteiger partial charge in [-0.1, -0.05) is 37.6 Å². The molecule has 0 saturated heterocycles. The van der Waals surface area contributed by atoms with Crippen molar-refractivity contribution in [2.45, 2.75) is 51.7 Å². The van der Waals surface area contributed by atoms with Gasteiger partial charge in [0, 0.05) is 35.2 Å². The molecule has 4 aromatic rings. The van der Waals surface area contributed by atoms with E-state index in [-0.39, 0.29) is 47.7 Å². The molecular formula is C30H29ClF3N3O4. The number of benzene rings is 2. The predicted octanol–water partition coefficient (Wildman–Crippen LogP) is 7.85. The molecule has 4 rings (SSSR count). The molecule has 2 aromatic carbocycles. The number of aromatic nitrogens is 3. The Morgan fingerprint density at radius 3 is 2.37 bits per heavy atom. The van der Waals surface area contributed by atoms with E-state index in [0.717, 1.165) is 23.2 Å². The van der Waals surface area contributed by atoms with Crippen molar-refractivity contribution >= 4 is 34.3 Å². The third kappa shape index (κ3) is 6.70. The molecule has 0 saturated carbocycles. The molecule has 0 aliphatic carbocycles. The van der Waals surface area contributed by atoms with Gasteiger partial charge in [-0.15, -0.1) is 0 Å². The summed E-state index contributed by atoms with van der Waals surface area (Å²) in [5.41, 5.74) is 1.95. The number of methoxy groups -OCH3 is 1. The van der Waals surface area contributed by atoms with E-state index in [4.69, 9.17) is 21.4 Å². The molecule has 41 heavy (non-hydrogen) atoms. The van der Waals surface area contributed by atoms with Gasteiger partial charge in [0.25, 0.3) is 0 Å². The first-order valence-electron chi connectivity index (χ1n) is 13.0. The maximum atomic E-state index is 13.2. The van der Waals surface area contributed by atoms with Crippen LogP contribution in [0.2, 0.25) is 5.02 Å². The molecule has 0 amide bonds. The standard InChI is InChI=1S/C30H29ClF3N3O4/c1-17(2)13-26(18-7-11-24(35-15-18)27(38)5-4-6-28(39)40)37-25-12-10-21(29(41-3)22(25)16-36-37)20-9-8-19(14-23(20)31)30(32,33)34/h7-12,14-17,26H,4-6,13H2,1-3H3,(H,39,40). The fourth-order valence-electron chi connectivity index (χ4n) is 4.81. The van der Waals surface area contributed by atoms with Crippen molar-refractivity contribution in [2.75, 3.05) is 7.11 Å². The highest BCUT2D eigenvalue weighted by atomic mass is 35.5. The Labute approximate surface area is 239 Å². The Balaban J connectivity index is 1.70. The molecule has 0 fully saturated rings. The van der Waals surface area contributed by atoms with Gasteiger partial charge in [-0.2, -0.15) is 18.3 Å². The lowest BCUT2D eigenvalue weighted by molar-refractivity contribution is -0.138. The Morgan fingerprint density at radius 2 is 1.78 bits per heavy atom. The van der Waals surface area contributed by atoms with Gasteiger partial charge in [0.15, 0.2) is 5.78 Å². The predicted molar refractivity (Wildman–Crippen MR) is 149 cm³/mol. The van der Waals surface area contributed by atoms with Gasteiger partial charge >= 0.3 is 12.1 Å². The van der Waals surface area contributed by atoms with Crippen molar-refractivity contribution in [3.8, 4) is 16.9 Å². The first-order valence-corrected chi connectivity index (χ1v) is 13.4. The van der Waals surface area contributed by atoms with Crippen LogP contribution in [0.4, 0.5) is 13.2 Å². The molecule has 2 heterocycles. The van der Waals surface area contributed by atoms with Crippen LogP contribution in [0, 0.1) is 5.92 Å². The molecule has 216 valence electrons. The van der Waals surface area contributed by atoms with Crippen LogP contribution in [0.5, 0.6) is 5.75 Å². The van der Waals surface area contributed by atoms with Crippen molar-refractivity contribution in [1.82, 2.24) is 14.8 Å². The molecule has 0 aliphatic rings. The molecule has 7 nitrogen and oxygen atoms in total. The average Bonchev–Trinajstić information content (AvgIpc) is 3.34. The number of alkyl halides is 3.